The van der Waals surface area contributed by atoms with Gasteiger partial charge in [-0.05, 0) is 56.7 Å². The van der Waals surface area contributed by atoms with Crippen LogP contribution in [0.4, 0.5) is 14.9 Å². The van der Waals surface area contributed by atoms with Crippen molar-refractivity contribution >= 4 is 34.9 Å². The van der Waals surface area contributed by atoms with Crippen molar-refractivity contribution in [2.75, 3.05) is 31.5 Å². The molecule has 4 rings (SSSR count). The van der Waals surface area contributed by atoms with Gasteiger partial charge >= 0.3 is 6.03 Å². The fourth-order valence-electron chi connectivity index (χ4n) is 4.19. The van der Waals surface area contributed by atoms with Crippen LogP contribution in [0.15, 0.2) is 54.0 Å². The predicted octanol–water partition coefficient (Wildman–Crippen LogP) is 4.09. The first kappa shape index (κ1) is 28.2. The maximum Gasteiger partial charge on any atom is 0.319 e. The number of urea groups is 1. The third-order valence-corrected chi connectivity index (χ3v) is 6.87. The first-order valence-electron chi connectivity index (χ1n) is 12.7. The minimum absolute atomic E-state index is 0.00794. The van der Waals surface area contributed by atoms with Gasteiger partial charge in [0.1, 0.15) is 10.8 Å². The molecule has 3 aromatic rings. The molecular formula is C28H33FN6O3S. The zero-order valence-electron chi connectivity index (χ0n) is 22.3. The highest BCUT2D eigenvalue weighted by Gasteiger charge is 2.23. The third-order valence-electron chi connectivity index (χ3n) is 6.09. The number of aromatic nitrogens is 1. The lowest BCUT2D eigenvalue weighted by atomic mass is 10.1. The Morgan fingerprint density at radius 3 is 2.46 bits per heavy atom. The zero-order valence-corrected chi connectivity index (χ0v) is 23.1. The quantitative estimate of drug-likeness (QED) is 0.409. The number of nitrogens with one attached hydrogen (secondary N) is 3. The van der Waals surface area contributed by atoms with E-state index >= 15 is 0 Å². The summed E-state index contributed by atoms with van der Waals surface area (Å²) in [5.74, 6) is -1.04. The summed E-state index contributed by atoms with van der Waals surface area (Å²) >= 11 is 1.41. The van der Waals surface area contributed by atoms with Gasteiger partial charge in [0, 0.05) is 61.0 Å². The van der Waals surface area contributed by atoms with Crippen LogP contribution in [0.1, 0.15) is 52.1 Å². The number of hydrogen-bond acceptors (Lipinski definition) is 6. The number of benzene rings is 2. The Bertz CT molecular complexity index is 1320. The van der Waals surface area contributed by atoms with Crippen molar-refractivity contribution in [3.63, 3.8) is 0 Å². The van der Waals surface area contributed by atoms with Crippen molar-refractivity contribution in [2.24, 2.45) is 0 Å². The summed E-state index contributed by atoms with van der Waals surface area (Å²) in [6.45, 7) is 9.06. The minimum atomic E-state index is -0.681. The summed E-state index contributed by atoms with van der Waals surface area (Å²) in [6.07, 6.45) is 1.64. The average molecular weight is 553 g/mol. The molecule has 0 spiro atoms. The van der Waals surface area contributed by atoms with E-state index in [-0.39, 0.29) is 35.1 Å². The van der Waals surface area contributed by atoms with Crippen LogP contribution in [0.5, 0.6) is 0 Å². The molecule has 0 radical (unpaired) electrons. The number of piperazine rings is 1. The van der Waals surface area contributed by atoms with Gasteiger partial charge in [-0.3, -0.25) is 14.5 Å². The molecule has 1 saturated heterocycles. The summed E-state index contributed by atoms with van der Waals surface area (Å²) in [5.41, 5.74) is 1.55. The number of halogens is 1. The molecule has 9 nitrogen and oxygen atoms in total. The van der Waals surface area contributed by atoms with Crippen LogP contribution in [-0.2, 0) is 13.1 Å². The van der Waals surface area contributed by atoms with Crippen LogP contribution in [0.25, 0.3) is 0 Å². The van der Waals surface area contributed by atoms with Crippen molar-refractivity contribution in [3.05, 3.63) is 81.6 Å². The van der Waals surface area contributed by atoms with Crippen LogP contribution < -0.4 is 16.0 Å². The van der Waals surface area contributed by atoms with Crippen LogP contribution in [0, 0.1) is 5.82 Å². The van der Waals surface area contributed by atoms with E-state index in [0.29, 0.717) is 38.3 Å². The van der Waals surface area contributed by atoms with E-state index in [2.05, 4.69) is 25.8 Å². The summed E-state index contributed by atoms with van der Waals surface area (Å²) in [7, 11) is 0. The highest BCUT2D eigenvalue weighted by atomic mass is 32.1. The zero-order chi connectivity index (χ0) is 28.0. The lowest BCUT2D eigenvalue weighted by Crippen LogP contribution is -2.48. The highest BCUT2D eigenvalue weighted by Crippen LogP contribution is 2.19. The molecule has 11 heteroatoms. The van der Waals surface area contributed by atoms with Gasteiger partial charge in [-0.15, -0.1) is 11.3 Å². The second-order valence-corrected chi connectivity index (χ2v) is 11.4. The normalized spacial score (nSPS) is 14.1. The SMILES string of the molecule is CC(C)(C)NC(=O)c1cccc(CN2CCN(C(=O)c3ccc(NC(=O)NCc4nccs4)c(F)c3)CC2)c1. The molecule has 2 heterocycles. The number of thiazole rings is 1. The lowest BCUT2D eigenvalue weighted by molar-refractivity contribution is 0.0627. The molecule has 0 unspecified atom stereocenters. The van der Waals surface area contributed by atoms with Crippen molar-refractivity contribution in [1.82, 2.24) is 25.4 Å². The predicted molar refractivity (Wildman–Crippen MR) is 149 cm³/mol. The summed E-state index contributed by atoms with van der Waals surface area (Å²) in [5, 5.41) is 10.6. The number of carbonyl (C=O) groups is 3. The van der Waals surface area contributed by atoms with Crippen molar-refractivity contribution in [3.8, 4) is 0 Å². The Kier molecular flexibility index (Phi) is 8.93. The number of rotatable bonds is 7. The van der Waals surface area contributed by atoms with Crippen molar-refractivity contribution in [2.45, 2.75) is 39.4 Å². The second-order valence-electron chi connectivity index (χ2n) is 10.4. The molecule has 0 atom stereocenters. The van der Waals surface area contributed by atoms with E-state index in [4.69, 9.17) is 0 Å². The molecule has 4 amide bonds. The monoisotopic (exact) mass is 552 g/mol. The van der Waals surface area contributed by atoms with E-state index in [1.54, 1.807) is 22.5 Å². The fraction of sp³-hybridized carbons (Fsp3) is 0.357. The first-order valence-corrected chi connectivity index (χ1v) is 13.6. The second kappa shape index (κ2) is 12.4. The average Bonchev–Trinajstić information content (AvgIpc) is 3.42. The summed E-state index contributed by atoms with van der Waals surface area (Å²) in [6, 6.07) is 11.1. The number of hydrogen-bond donors (Lipinski definition) is 3. The Morgan fingerprint density at radius 2 is 1.79 bits per heavy atom. The maximum atomic E-state index is 14.7. The molecule has 2 aromatic carbocycles. The summed E-state index contributed by atoms with van der Waals surface area (Å²) in [4.78, 5) is 45.6. The van der Waals surface area contributed by atoms with E-state index in [1.165, 1.54) is 23.5 Å². The largest absolute Gasteiger partial charge is 0.347 e. The van der Waals surface area contributed by atoms with Gasteiger partial charge in [-0.25, -0.2) is 14.2 Å². The van der Waals surface area contributed by atoms with Gasteiger partial charge in [0.05, 0.1) is 12.2 Å². The third kappa shape index (κ3) is 8.08. The topological polar surface area (TPSA) is 107 Å². The van der Waals surface area contributed by atoms with Crippen LogP contribution in [0.3, 0.4) is 0 Å². The van der Waals surface area contributed by atoms with Crippen LogP contribution in [-0.4, -0.2) is 64.3 Å². The smallest absolute Gasteiger partial charge is 0.319 e. The van der Waals surface area contributed by atoms with Gasteiger partial charge in [0.2, 0.25) is 0 Å². The van der Waals surface area contributed by atoms with E-state index in [9.17, 15) is 18.8 Å². The Balaban J connectivity index is 1.27. The molecular weight excluding hydrogens is 519 g/mol. The van der Waals surface area contributed by atoms with Gasteiger partial charge < -0.3 is 20.9 Å². The molecule has 1 aliphatic heterocycles. The van der Waals surface area contributed by atoms with Crippen molar-refractivity contribution in [1.29, 1.82) is 0 Å². The molecule has 0 bridgehead atoms. The summed E-state index contributed by atoms with van der Waals surface area (Å²) < 4.78 is 14.7. The molecule has 3 N–H and O–H groups in total. The van der Waals surface area contributed by atoms with E-state index in [1.807, 2.05) is 39.0 Å². The number of anilines is 1. The molecule has 0 saturated carbocycles. The molecule has 1 aliphatic rings. The molecule has 39 heavy (non-hydrogen) atoms. The van der Waals surface area contributed by atoms with Gasteiger partial charge in [-0.2, -0.15) is 0 Å². The minimum Gasteiger partial charge on any atom is -0.347 e. The highest BCUT2D eigenvalue weighted by molar-refractivity contribution is 7.09. The van der Waals surface area contributed by atoms with E-state index < -0.39 is 11.8 Å². The van der Waals surface area contributed by atoms with Crippen molar-refractivity contribution < 1.29 is 18.8 Å². The molecule has 206 valence electrons. The Morgan fingerprint density at radius 1 is 1.03 bits per heavy atom. The Hall–Kier alpha value is -3.83. The molecule has 1 aromatic heterocycles. The van der Waals surface area contributed by atoms with Crippen LogP contribution in [0.2, 0.25) is 0 Å². The van der Waals surface area contributed by atoms with Gasteiger partial charge in [0.25, 0.3) is 11.8 Å². The first-order chi connectivity index (χ1) is 18.6. The number of carbonyl (C=O) groups excluding carboxylic acids is 3. The maximum absolute atomic E-state index is 14.7. The molecule has 0 aliphatic carbocycles. The Labute approximate surface area is 231 Å². The van der Waals surface area contributed by atoms with Gasteiger partial charge in [0.15, 0.2) is 0 Å². The van der Waals surface area contributed by atoms with Gasteiger partial charge in [-0.1, -0.05) is 12.1 Å². The lowest BCUT2D eigenvalue weighted by Gasteiger charge is -2.35. The van der Waals surface area contributed by atoms with E-state index in [0.717, 1.165) is 16.6 Å². The fourth-order valence-corrected chi connectivity index (χ4v) is 4.74. The number of amides is 4. The number of nitrogens with zero attached hydrogens (tertiary/aromatic N) is 3. The molecule has 1 fully saturated rings. The standard InChI is InChI=1S/C28H33FN6O3S/c1-28(2,3)33-25(36)20-6-4-5-19(15-20)18-34-10-12-35(13-11-34)26(37)21-7-8-23(22(29)16-21)32-27(38)31-17-24-30-9-14-39-24/h4-9,14-16H,10-13,17-18H2,1-3H3,(H,33,36)(H2,31,32,38). The van der Waals surface area contributed by atoms with Crippen LogP contribution >= 0.6 is 11.3 Å².